The zero-order valence-electron chi connectivity index (χ0n) is 19.0. The molecule has 5 nitrogen and oxygen atoms in total. The molecule has 0 saturated heterocycles. The third-order valence-corrected chi connectivity index (χ3v) is 7.01. The number of pyridine rings is 1. The highest BCUT2D eigenvalue weighted by Crippen LogP contribution is 2.48. The van der Waals surface area contributed by atoms with Crippen molar-refractivity contribution in [2.45, 2.75) is 60.3 Å². The van der Waals surface area contributed by atoms with Gasteiger partial charge in [0.25, 0.3) is 5.91 Å². The predicted octanol–water partition coefficient (Wildman–Crippen LogP) is 5.31. The number of Topliss-reactive ketones (excluding diaryl/α,β-unsaturated/α-hetero) is 1. The van der Waals surface area contributed by atoms with Crippen LogP contribution in [0.2, 0.25) is 0 Å². The van der Waals surface area contributed by atoms with Gasteiger partial charge in [0.15, 0.2) is 5.78 Å². The van der Waals surface area contributed by atoms with Crippen molar-refractivity contribution in [1.82, 2.24) is 10.3 Å². The van der Waals surface area contributed by atoms with E-state index in [1.165, 1.54) is 4.88 Å². The molecule has 2 N–H and O–H groups in total. The van der Waals surface area contributed by atoms with E-state index < -0.39 is 0 Å². The van der Waals surface area contributed by atoms with E-state index in [1.54, 1.807) is 17.5 Å². The normalized spacial score (nSPS) is 20.5. The molecule has 2 aromatic rings. The molecule has 162 valence electrons. The average Bonchev–Trinajstić information content (AvgIpc) is 2.97. The highest BCUT2D eigenvalue weighted by atomic mass is 32.1. The number of thiophene rings is 1. The number of dihydropyridines is 1. The largest absolute Gasteiger partial charge is 0.362 e. The summed E-state index contributed by atoms with van der Waals surface area (Å²) in [7, 11) is 0. The van der Waals surface area contributed by atoms with Crippen molar-refractivity contribution in [3.63, 3.8) is 0 Å². The summed E-state index contributed by atoms with van der Waals surface area (Å²) in [5.74, 6) is 0.0479. The molecule has 0 fully saturated rings. The molecule has 0 radical (unpaired) electrons. The van der Waals surface area contributed by atoms with Crippen LogP contribution in [0.25, 0.3) is 0 Å². The minimum absolute atomic E-state index is 0.0986. The summed E-state index contributed by atoms with van der Waals surface area (Å²) in [5.41, 5.74) is 5.06. The van der Waals surface area contributed by atoms with E-state index in [0.29, 0.717) is 17.8 Å². The quantitative estimate of drug-likeness (QED) is 0.685. The number of amides is 1. The summed E-state index contributed by atoms with van der Waals surface area (Å²) >= 11 is 1.70. The van der Waals surface area contributed by atoms with Gasteiger partial charge in [-0.25, -0.2) is 4.98 Å². The molecule has 0 unspecified atom stereocenters. The van der Waals surface area contributed by atoms with Crippen LogP contribution in [0.15, 0.2) is 46.9 Å². The molecule has 0 aromatic carbocycles. The summed E-state index contributed by atoms with van der Waals surface area (Å²) in [6.45, 7) is 12.3. The van der Waals surface area contributed by atoms with Crippen molar-refractivity contribution in [2.75, 3.05) is 5.32 Å². The predicted molar refractivity (Wildman–Crippen MR) is 125 cm³/mol. The van der Waals surface area contributed by atoms with Gasteiger partial charge in [-0.2, -0.15) is 0 Å². The lowest BCUT2D eigenvalue weighted by Gasteiger charge is -2.39. The van der Waals surface area contributed by atoms with Gasteiger partial charge in [-0.15, -0.1) is 11.3 Å². The molecule has 3 heterocycles. The van der Waals surface area contributed by atoms with Gasteiger partial charge >= 0.3 is 0 Å². The molecular formula is C25H29N3O2S. The van der Waals surface area contributed by atoms with Crippen molar-refractivity contribution in [2.24, 2.45) is 5.41 Å². The van der Waals surface area contributed by atoms with Gasteiger partial charge in [0, 0.05) is 50.8 Å². The van der Waals surface area contributed by atoms with E-state index in [9.17, 15) is 9.59 Å². The van der Waals surface area contributed by atoms with E-state index in [1.807, 2.05) is 26.0 Å². The van der Waals surface area contributed by atoms with Crippen LogP contribution in [0.5, 0.6) is 0 Å². The number of aromatic nitrogens is 1. The first-order valence-electron chi connectivity index (χ1n) is 10.6. The summed E-state index contributed by atoms with van der Waals surface area (Å²) < 4.78 is 0. The van der Waals surface area contributed by atoms with Crippen molar-refractivity contribution < 1.29 is 9.59 Å². The molecule has 1 atom stereocenters. The Kier molecular flexibility index (Phi) is 5.38. The van der Waals surface area contributed by atoms with E-state index in [-0.39, 0.29) is 23.0 Å². The summed E-state index contributed by atoms with van der Waals surface area (Å²) in [6.07, 6.45) is 2.96. The molecule has 2 aliphatic rings. The van der Waals surface area contributed by atoms with Crippen LogP contribution in [0.3, 0.4) is 0 Å². The van der Waals surface area contributed by atoms with Gasteiger partial charge in [0.05, 0.1) is 0 Å². The topological polar surface area (TPSA) is 71.1 Å². The molecule has 0 saturated carbocycles. The Morgan fingerprint density at radius 2 is 1.94 bits per heavy atom. The fourth-order valence-electron chi connectivity index (χ4n) is 4.77. The first-order chi connectivity index (χ1) is 14.6. The number of carbonyl (C=O) groups excluding carboxylic acids is 2. The van der Waals surface area contributed by atoms with E-state index in [2.05, 4.69) is 49.4 Å². The first-order valence-corrected chi connectivity index (χ1v) is 11.4. The second kappa shape index (κ2) is 7.75. The lowest BCUT2D eigenvalue weighted by Crippen LogP contribution is -2.39. The molecule has 4 rings (SSSR count). The van der Waals surface area contributed by atoms with Crippen LogP contribution in [0.1, 0.15) is 60.4 Å². The second-order valence-electron chi connectivity index (χ2n) is 9.47. The Hall–Kier alpha value is -2.73. The monoisotopic (exact) mass is 435 g/mol. The number of ketones is 1. The van der Waals surface area contributed by atoms with Gasteiger partial charge in [0.2, 0.25) is 0 Å². The number of carbonyl (C=O) groups is 2. The smallest absolute Gasteiger partial charge is 0.255 e. The standard InChI is InChI=1S/C25H29N3O2S/c1-13-7-8-26-20(9-13)28-24(30)21-15(3)27-18-11-25(5,6)12-19(29)23(18)22(21)17-10-14(2)31-16(17)4/h7-10,22,27H,11-12H2,1-6H3,(H,26,28,30)/t22-/m1/s1. The molecule has 0 bridgehead atoms. The van der Waals surface area contributed by atoms with Gasteiger partial charge in [-0.1, -0.05) is 13.8 Å². The average molecular weight is 436 g/mol. The highest BCUT2D eigenvalue weighted by Gasteiger charge is 2.43. The SMILES string of the molecule is CC1=C(C(=O)Nc2cc(C)ccn2)[C@@H](c2cc(C)sc2C)C2=C(CC(C)(C)CC2=O)N1. The minimum atomic E-state index is -0.366. The maximum atomic E-state index is 13.5. The van der Waals surface area contributed by atoms with E-state index >= 15 is 0 Å². The van der Waals surface area contributed by atoms with Gasteiger partial charge < -0.3 is 10.6 Å². The molecular weight excluding hydrogens is 406 g/mol. The van der Waals surface area contributed by atoms with E-state index in [0.717, 1.165) is 39.4 Å². The zero-order chi connectivity index (χ0) is 22.5. The molecule has 6 heteroatoms. The Morgan fingerprint density at radius 1 is 1.19 bits per heavy atom. The Bertz CT molecular complexity index is 1150. The summed E-state index contributed by atoms with van der Waals surface area (Å²) in [6, 6.07) is 5.86. The van der Waals surface area contributed by atoms with Gasteiger partial charge in [0.1, 0.15) is 5.82 Å². The van der Waals surface area contributed by atoms with Crippen molar-refractivity contribution >= 4 is 28.8 Å². The number of allylic oxidation sites excluding steroid dienone is 3. The Balaban J connectivity index is 1.82. The van der Waals surface area contributed by atoms with Crippen molar-refractivity contribution in [3.8, 4) is 0 Å². The zero-order valence-corrected chi connectivity index (χ0v) is 19.8. The lowest BCUT2D eigenvalue weighted by molar-refractivity contribution is -0.118. The second-order valence-corrected chi connectivity index (χ2v) is 10.9. The third kappa shape index (κ3) is 4.09. The molecule has 31 heavy (non-hydrogen) atoms. The van der Waals surface area contributed by atoms with Crippen LogP contribution in [-0.2, 0) is 9.59 Å². The van der Waals surface area contributed by atoms with Crippen LogP contribution < -0.4 is 10.6 Å². The van der Waals surface area contributed by atoms with E-state index in [4.69, 9.17) is 0 Å². The molecule has 1 aliphatic heterocycles. The number of anilines is 1. The number of rotatable bonds is 3. The van der Waals surface area contributed by atoms with Crippen molar-refractivity contribution in [1.29, 1.82) is 0 Å². The summed E-state index contributed by atoms with van der Waals surface area (Å²) in [5, 5.41) is 6.38. The first kappa shape index (κ1) is 21.5. The molecule has 2 aromatic heterocycles. The number of hydrogen-bond acceptors (Lipinski definition) is 5. The molecule has 0 spiro atoms. The van der Waals surface area contributed by atoms with Crippen LogP contribution in [0, 0.1) is 26.2 Å². The maximum absolute atomic E-state index is 13.5. The van der Waals surface area contributed by atoms with Crippen LogP contribution >= 0.6 is 11.3 Å². The lowest BCUT2D eigenvalue weighted by atomic mass is 9.68. The number of nitrogens with zero attached hydrogens (tertiary/aromatic N) is 1. The molecule has 1 aliphatic carbocycles. The fourth-order valence-corrected chi connectivity index (χ4v) is 5.74. The third-order valence-electron chi connectivity index (χ3n) is 6.03. The number of nitrogens with one attached hydrogen (secondary N) is 2. The van der Waals surface area contributed by atoms with Crippen LogP contribution in [-0.4, -0.2) is 16.7 Å². The fraction of sp³-hybridized carbons (Fsp3) is 0.400. The Labute approximate surface area is 187 Å². The maximum Gasteiger partial charge on any atom is 0.255 e. The van der Waals surface area contributed by atoms with Crippen molar-refractivity contribution in [3.05, 3.63) is 67.8 Å². The Morgan fingerprint density at radius 3 is 2.58 bits per heavy atom. The van der Waals surface area contributed by atoms with Gasteiger partial charge in [-0.3, -0.25) is 9.59 Å². The number of hydrogen-bond donors (Lipinski definition) is 2. The highest BCUT2D eigenvalue weighted by molar-refractivity contribution is 7.12. The molecule has 1 amide bonds. The minimum Gasteiger partial charge on any atom is -0.362 e. The number of aryl methyl sites for hydroxylation is 3. The van der Waals surface area contributed by atoms with Gasteiger partial charge in [-0.05, 0) is 68.9 Å². The summed E-state index contributed by atoms with van der Waals surface area (Å²) in [4.78, 5) is 33.5. The van der Waals surface area contributed by atoms with Crippen LogP contribution in [0.4, 0.5) is 5.82 Å².